The summed E-state index contributed by atoms with van der Waals surface area (Å²) in [6.45, 7) is 0. The largest absolute Gasteiger partial charge is 0.254 e. The lowest BCUT2D eigenvalue weighted by atomic mass is 10.1. The fraction of sp³-hybridized carbons (Fsp3) is 0. The van der Waals surface area contributed by atoms with Crippen molar-refractivity contribution in [2.45, 2.75) is 0 Å². The van der Waals surface area contributed by atoms with Gasteiger partial charge in [-0.05, 0) is 24.3 Å². The zero-order chi connectivity index (χ0) is 17.8. The van der Waals surface area contributed by atoms with E-state index in [9.17, 15) is 0 Å². The lowest BCUT2D eigenvalue weighted by Gasteiger charge is -2.06. The molecule has 2 aromatic carbocycles. The van der Waals surface area contributed by atoms with Crippen LogP contribution in [0.2, 0.25) is 0 Å². The molecule has 0 atom stereocenters. The lowest BCUT2D eigenvalue weighted by Crippen LogP contribution is -1.91. The minimum absolute atomic E-state index is 0.884. The Morgan fingerprint density at radius 1 is 0.630 bits per heavy atom. The highest BCUT2D eigenvalue weighted by molar-refractivity contribution is 7.25. The van der Waals surface area contributed by atoms with Crippen molar-refractivity contribution in [1.82, 2.24) is 15.0 Å². The minimum Gasteiger partial charge on any atom is -0.254 e. The fourth-order valence-corrected chi connectivity index (χ4v) is 4.82. The highest BCUT2D eigenvalue weighted by Crippen LogP contribution is 2.38. The van der Waals surface area contributed by atoms with Crippen LogP contribution in [0.5, 0.6) is 0 Å². The first kappa shape index (κ1) is 14.8. The summed E-state index contributed by atoms with van der Waals surface area (Å²) in [7, 11) is 0. The van der Waals surface area contributed by atoms with Gasteiger partial charge in [0, 0.05) is 43.3 Å². The maximum absolute atomic E-state index is 4.99. The number of hydrogen-bond acceptors (Lipinski definition) is 4. The molecule has 3 nitrogen and oxygen atoms in total. The molecule has 0 amide bonds. The van der Waals surface area contributed by atoms with Gasteiger partial charge in [-0.1, -0.05) is 42.5 Å². The van der Waals surface area contributed by atoms with Crippen LogP contribution in [0.15, 0.2) is 79.1 Å². The standard InChI is InChI=1S/C23H13N3S/c1-2-6-18-16(5-1)20-19(27-18)11-13-25-23(20)17-10-9-15-8-7-14-4-3-12-24-21(14)22(15)26-17/h1-13H. The second kappa shape index (κ2) is 5.56. The predicted octanol–water partition coefficient (Wildman–Crippen LogP) is 6.21. The Morgan fingerprint density at radius 3 is 2.44 bits per heavy atom. The molecule has 6 rings (SSSR count). The molecule has 6 aromatic rings. The molecule has 4 heteroatoms. The van der Waals surface area contributed by atoms with Gasteiger partial charge in [-0.25, -0.2) is 4.98 Å². The van der Waals surface area contributed by atoms with Crippen molar-refractivity contribution < 1.29 is 0 Å². The summed E-state index contributed by atoms with van der Waals surface area (Å²) in [6.07, 6.45) is 3.70. The normalized spacial score (nSPS) is 11.7. The van der Waals surface area contributed by atoms with Crippen LogP contribution in [0, 0.1) is 0 Å². The summed E-state index contributed by atoms with van der Waals surface area (Å²) in [5.74, 6) is 0. The van der Waals surface area contributed by atoms with E-state index in [2.05, 4.69) is 65.6 Å². The molecule has 0 fully saturated rings. The Bertz CT molecular complexity index is 1480. The molecule has 0 bridgehead atoms. The van der Waals surface area contributed by atoms with Gasteiger partial charge in [0.1, 0.15) is 0 Å². The Labute approximate surface area is 159 Å². The summed E-state index contributed by atoms with van der Waals surface area (Å²) in [4.78, 5) is 14.3. The molecule has 0 radical (unpaired) electrons. The third-order valence-electron chi connectivity index (χ3n) is 4.96. The molecule has 0 unspecified atom stereocenters. The summed E-state index contributed by atoms with van der Waals surface area (Å²) < 4.78 is 2.51. The quantitative estimate of drug-likeness (QED) is 0.326. The van der Waals surface area contributed by atoms with E-state index in [4.69, 9.17) is 9.97 Å². The van der Waals surface area contributed by atoms with E-state index < -0.39 is 0 Å². The van der Waals surface area contributed by atoms with E-state index in [1.54, 1.807) is 11.3 Å². The van der Waals surface area contributed by atoms with E-state index in [0.29, 0.717) is 0 Å². The minimum atomic E-state index is 0.884. The Morgan fingerprint density at radius 2 is 1.48 bits per heavy atom. The van der Waals surface area contributed by atoms with E-state index in [0.717, 1.165) is 33.2 Å². The molecule has 126 valence electrons. The molecule has 0 aliphatic heterocycles. The van der Waals surface area contributed by atoms with E-state index in [-0.39, 0.29) is 0 Å². The van der Waals surface area contributed by atoms with Gasteiger partial charge in [-0.2, -0.15) is 0 Å². The van der Waals surface area contributed by atoms with E-state index in [1.807, 2.05) is 18.5 Å². The fourth-order valence-electron chi connectivity index (χ4n) is 3.72. The molecule has 0 N–H and O–H groups in total. The van der Waals surface area contributed by atoms with Crippen molar-refractivity contribution in [3.05, 3.63) is 79.1 Å². The number of rotatable bonds is 1. The van der Waals surface area contributed by atoms with Crippen LogP contribution in [0.25, 0.3) is 53.4 Å². The molecular formula is C23H13N3S. The highest BCUT2D eigenvalue weighted by atomic mass is 32.1. The first-order valence-electron chi connectivity index (χ1n) is 8.80. The van der Waals surface area contributed by atoms with Crippen molar-refractivity contribution in [3.63, 3.8) is 0 Å². The SMILES string of the molecule is c1cnc2c(c1)ccc1ccc(-c3nccc4sc5ccccc5c34)nc12. The van der Waals surface area contributed by atoms with Crippen LogP contribution in [-0.4, -0.2) is 15.0 Å². The third-order valence-corrected chi connectivity index (χ3v) is 6.10. The Balaban J connectivity index is 1.72. The van der Waals surface area contributed by atoms with E-state index in [1.165, 1.54) is 20.2 Å². The van der Waals surface area contributed by atoms with Crippen LogP contribution in [-0.2, 0) is 0 Å². The average molecular weight is 363 g/mol. The van der Waals surface area contributed by atoms with Gasteiger partial charge in [0.15, 0.2) is 0 Å². The third kappa shape index (κ3) is 2.17. The maximum atomic E-state index is 4.99. The second-order valence-corrected chi connectivity index (χ2v) is 7.62. The van der Waals surface area contributed by atoms with Crippen molar-refractivity contribution in [3.8, 4) is 11.4 Å². The number of hydrogen-bond donors (Lipinski definition) is 0. The van der Waals surface area contributed by atoms with Gasteiger partial charge in [0.25, 0.3) is 0 Å². The molecule has 0 saturated carbocycles. The molecule has 0 spiro atoms. The lowest BCUT2D eigenvalue weighted by molar-refractivity contribution is 1.30. The van der Waals surface area contributed by atoms with Crippen molar-refractivity contribution in [2.75, 3.05) is 0 Å². The molecule has 0 aliphatic carbocycles. The Hall–Kier alpha value is -3.37. The molecule has 0 aliphatic rings. The molecule has 4 heterocycles. The number of thiophene rings is 1. The topological polar surface area (TPSA) is 38.7 Å². The Kier molecular flexibility index (Phi) is 3.04. The van der Waals surface area contributed by atoms with Crippen molar-refractivity contribution >= 4 is 53.3 Å². The molecule has 0 saturated heterocycles. The number of nitrogens with zero attached hydrogens (tertiary/aromatic N) is 3. The zero-order valence-corrected chi connectivity index (χ0v) is 15.1. The molecule has 4 aromatic heterocycles. The van der Waals surface area contributed by atoms with Crippen LogP contribution >= 0.6 is 11.3 Å². The van der Waals surface area contributed by atoms with Crippen molar-refractivity contribution in [1.29, 1.82) is 0 Å². The zero-order valence-electron chi connectivity index (χ0n) is 14.3. The summed E-state index contributed by atoms with van der Waals surface area (Å²) in [5, 5.41) is 4.60. The van der Waals surface area contributed by atoms with Gasteiger partial charge in [-0.3, -0.25) is 9.97 Å². The smallest absolute Gasteiger partial charge is 0.0979 e. The van der Waals surface area contributed by atoms with Crippen molar-refractivity contribution in [2.24, 2.45) is 0 Å². The monoisotopic (exact) mass is 363 g/mol. The average Bonchev–Trinajstić information content (AvgIpc) is 3.12. The maximum Gasteiger partial charge on any atom is 0.0979 e. The number of aromatic nitrogens is 3. The van der Waals surface area contributed by atoms with Crippen LogP contribution in [0.4, 0.5) is 0 Å². The van der Waals surface area contributed by atoms with Gasteiger partial charge in [0.05, 0.1) is 22.4 Å². The van der Waals surface area contributed by atoms with E-state index >= 15 is 0 Å². The van der Waals surface area contributed by atoms with Gasteiger partial charge < -0.3 is 0 Å². The number of fused-ring (bicyclic) bond motifs is 6. The second-order valence-electron chi connectivity index (χ2n) is 6.54. The molecular weight excluding hydrogens is 350 g/mol. The van der Waals surface area contributed by atoms with Gasteiger partial charge >= 0.3 is 0 Å². The van der Waals surface area contributed by atoms with Crippen LogP contribution < -0.4 is 0 Å². The van der Waals surface area contributed by atoms with Crippen LogP contribution in [0.1, 0.15) is 0 Å². The summed E-state index contributed by atoms with van der Waals surface area (Å²) >= 11 is 1.80. The number of benzene rings is 2. The summed E-state index contributed by atoms with van der Waals surface area (Å²) in [6, 6.07) is 23.0. The highest BCUT2D eigenvalue weighted by Gasteiger charge is 2.14. The molecule has 27 heavy (non-hydrogen) atoms. The first-order valence-corrected chi connectivity index (χ1v) is 9.61. The first-order chi connectivity index (χ1) is 13.4. The number of pyridine rings is 3. The predicted molar refractivity (Wildman–Crippen MR) is 113 cm³/mol. The summed E-state index contributed by atoms with van der Waals surface area (Å²) in [5.41, 5.74) is 3.66. The van der Waals surface area contributed by atoms with Gasteiger partial charge in [-0.15, -0.1) is 11.3 Å². The van der Waals surface area contributed by atoms with Gasteiger partial charge in [0.2, 0.25) is 0 Å². The van der Waals surface area contributed by atoms with Crippen LogP contribution in [0.3, 0.4) is 0 Å².